The van der Waals surface area contributed by atoms with Crippen LogP contribution in [0.15, 0.2) is 0 Å². The molecule has 54 valence electrons. The maximum Gasteiger partial charge on any atom is 0.406 e. The Morgan fingerprint density at radius 2 is 2.00 bits per heavy atom. The molecular weight excluding hydrogens is 135 g/mol. The van der Waals surface area contributed by atoms with Gasteiger partial charge >= 0.3 is 6.18 Å². The number of halogens is 3. The van der Waals surface area contributed by atoms with Gasteiger partial charge in [-0.25, -0.2) is 0 Å². The molecule has 2 nitrogen and oxygen atoms in total. The van der Waals surface area contributed by atoms with Gasteiger partial charge in [-0.2, -0.15) is 18.2 Å². The van der Waals surface area contributed by atoms with Crippen LogP contribution in [0.2, 0.25) is 0 Å². The zero-order chi connectivity index (χ0) is 7.07. The Morgan fingerprint density at radius 3 is 2.00 bits per heavy atom. The molecule has 0 aromatic carbocycles. The first-order valence-corrected chi connectivity index (χ1v) is 2.54. The van der Waals surface area contributed by atoms with Crippen molar-refractivity contribution in [1.82, 2.24) is 5.06 Å². The monoisotopic (exact) mass is 141 g/mol. The molecule has 1 rings (SSSR count). The minimum atomic E-state index is -4.26. The van der Waals surface area contributed by atoms with Gasteiger partial charge in [0.2, 0.25) is 0 Å². The van der Waals surface area contributed by atoms with E-state index in [4.69, 9.17) is 5.21 Å². The van der Waals surface area contributed by atoms with Crippen molar-refractivity contribution < 1.29 is 18.4 Å². The Morgan fingerprint density at radius 1 is 1.44 bits per heavy atom. The van der Waals surface area contributed by atoms with Crippen molar-refractivity contribution in [3.63, 3.8) is 0 Å². The third kappa shape index (κ3) is 1.16. The maximum atomic E-state index is 11.5. The second-order valence-electron chi connectivity index (χ2n) is 2.01. The van der Waals surface area contributed by atoms with Gasteiger partial charge < -0.3 is 5.21 Å². The molecule has 0 aromatic heterocycles. The van der Waals surface area contributed by atoms with E-state index in [2.05, 4.69) is 0 Å². The van der Waals surface area contributed by atoms with Gasteiger partial charge in [0.25, 0.3) is 0 Å². The Balaban J connectivity index is 2.44. The summed E-state index contributed by atoms with van der Waals surface area (Å²) < 4.78 is 34.6. The minimum Gasteiger partial charge on any atom is -0.313 e. The van der Waals surface area contributed by atoms with Crippen LogP contribution in [0.25, 0.3) is 0 Å². The average Bonchev–Trinajstić information content (AvgIpc) is 1.57. The summed E-state index contributed by atoms with van der Waals surface area (Å²) in [7, 11) is 0. The van der Waals surface area contributed by atoms with E-state index in [0.717, 1.165) is 0 Å². The first-order chi connectivity index (χ1) is 4.02. The van der Waals surface area contributed by atoms with Crippen LogP contribution in [0.4, 0.5) is 13.2 Å². The van der Waals surface area contributed by atoms with E-state index < -0.39 is 12.2 Å². The van der Waals surface area contributed by atoms with Crippen molar-refractivity contribution in [3.8, 4) is 0 Å². The number of rotatable bonds is 0. The Labute approximate surface area is 49.8 Å². The molecule has 1 aliphatic heterocycles. The summed E-state index contributed by atoms with van der Waals surface area (Å²) in [6.45, 7) is 0.129. The molecule has 0 aliphatic carbocycles. The Bertz CT molecular complexity index is 113. The normalized spacial score (nSPS) is 30.0. The van der Waals surface area contributed by atoms with Gasteiger partial charge in [0, 0.05) is 6.54 Å². The van der Waals surface area contributed by atoms with Gasteiger partial charge in [-0.15, -0.1) is 0 Å². The topological polar surface area (TPSA) is 23.5 Å². The Hall–Kier alpha value is -0.290. The van der Waals surface area contributed by atoms with Crippen molar-refractivity contribution in [2.75, 3.05) is 6.54 Å². The standard InChI is InChI=1S/C4H6F3NO/c5-4(6,7)3-1-2-8(3)9/h3,9H,1-2H2. The summed E-state index contributed by atoms with van der Waals surface area (Å²) in [5, 5.41) is 8.66. The zero-order valence-corrected chi connectivity index (χ0v) is 4.52. The van der Waals surface area contributed by atoms with Crippen LogP contribution >= 0.6 is 0 Å². The van der Waals surface area contributed by atoms with Crippen molar-refractivity contribution in [2.24, 2.45) is 0 Å². The highest BCUT2D eigenvalue weighted by Crippen LogP contribution is 2.31. The molecule has 1 unspecified atom stereocenters. The lowest BCUT2D eigenvalue weighted by atomic mass is 10.1. The van der Waals surface area contributed by atoms with Gasteiger partial charge in [-0.3, -0.25) is 0 Å². The summed E-state index contributed by atoms with van der Waals surface area (Å²) in [6, 6.07) is -1.61. The summed E-state index contributed by atoms with van der Waals surface area (Å²) in [5.41, 5.74) is 0. The van der Waals surface area contributed by atoms with Crippen molar-refractivity contribution in [1.29, 1.82) is 0 Å². The number of alkyl halides is 3. The van der Waals surface area contributed by atoms with Gasteiger partial charge in [0.05, 0.1) is 0 Å². The molecule has 0 spiro atoms. The Kier molecular flexibility index (Phi) is 1.40. The predicted molar refractivity (Wildman–Crippen MR) is 23.0 cm³/mol. The molecule has 0 amide bonds. The predicted octanol–water partition coefficient (Wildman–Crippen LogP) is 1.01. The maximum absolute atomic E-state index is 11.5. The molecule has 1 saturated heterocycles. The third-order valence-corrected chi connectivity index (χ3v) is 1.37. The van der Waals surface area contributed by atoms with Crippen molar-refractivity contribution in [3.05, 3.63) is 0 Å². The molecule has 0 saturated carbocycles. The lowest BCUT2D eigenvalue weighted by molar-refractivity contribution is -0.291. The molecule has 1 heterocycles. The van der Waals surface area contributed by atoms with Crippen LogP contribution in [0.3, 0.4) is 0 Å². The van der Waals surface area contributed by atoms with Crippen LogP contribution in [0.1, 0.15) is 6.42 Å². The molecule has 1 fully saturated rings. The number of hydroxylamine groups is 2. The fourth-order valence-electron chi connectivity index (χ4n) is 0.706. The lowest BCUT2D eigenvalue weighted by Gasteiger charge is -2.36. The molecule has 1 atom stereocenters. The van der Waals surface area contributed by atoms with Gasteiger partial charge in [-0.1, -0.05) is 0 Å². The van der Waals surface area contributed by atoms with E-state index in [9.17, 15) is 13.2 Å². The van der Waals surface area contributed by atoms with Crippen molar-refractivity contribution >= 4 is 0 Å². The van der Waals surface area contributed by atoms with E-state index in [1.807, 2.05) is 0 Å². The zero-order valence-electron chi connectivity index (χ0n) is 4.52. The van der Waals surface area contributed by atoms with Gasteiger partial charge in [0.1, 0.15) is 6.04 Å². The highest BCUT2D eigenvalue weighted by molar-refractivity contribution is 4.82. The molecule has 0 radical (unpaired) electrons. The van der Waals surface area contributed by atoms with Gasteiger partial charge in [-0.05, 0) is 6.42 Å². The van der Waals surface area contributed by atoms with Crippen LogP contribution in [0, 0.1) is 0 Å². The summed E-state index contributed by atoms with van der Waals surface area (Å²) in [4.78, 5) is 0. The molecule has 1 N–H and O–H groups in total. The summed E-state index contributed by atoms with van der Waals surface area (Å²) in [6.07, 6.45) is -4.24. The second kappa shape index (κ2) is 1.85. The number of hydrogen-bond donors (Lipinski definition) is 1. The third-order valence-electron chi connectivity index (χ3n) is 1.37. The highest BCUT2D eigenvalue weighted by atomic mass is 19.4. The SMILES string of the molecule is ON1CCC1C(F)(F)F. The fourth-order valence-corrected chi connectivity index (χ4v) is 0.706. The largest absolute Gasteiger partial charge is 0.406 e. The van der Waals surface area contributed by atoms with Crippen molar-refractivity contribution in [2.45, 2.75) is 18.6 Å². The minimum absolute atomic E-state index is 0.0139. The van der Waals surface area contributed by atoms with E-state index in [1.165, 1.54) is 0 Å². The van der Waals surface area contributed by atoms with Crippen LogP contribution in [0.5, 0.6) is 0 Å². The summed E-state index contributed by atoms with van der Waals surface area (Å²) in [5.74, 6) is 0. The number of nitrogens with zero attached hydrogens (tertiary/aromatic N) is 1. The second-order valence-corrected chi connectivity index (χ2v) is 2.01. The average molecular weight is 141 g/mol. The van der Waals surface area contributed by atoms with Crippen LogP contribution < -0.4 is 0 Å². The fraction of sp³-hybridized carbons (Fsp3) is 1.00. The molecule has 1 aliphatic rings. The molecule has 0 aromatic rings. The van der Waals surface area contributed by atoms with Crippen LogP contribution in [-0.4, -0.2) is 29.0 Å². The smallest absolute Gasteiger partial charge is 0.313 e. The first kappa shape index (κ1) is 6.82. The van der Waals surface area contributed by atoms with E-state index in [0.29, 0.717) is 5.06 Å². The molecule has 9 heavy (non-hydrogen) atoms. The van der Waals surface area contributed by atoms with E-state index in [1.54, 1.807) is 0 Å². The number of hydrogen-bond acceptors (Lipinski definition) is 2. The van der Waals surface area contributed by atoms with Crippen LogP contribution in [-0.2, 0) is 0 Å². The lowest BCUT2D eigenvalue weighted by Crippen LogP contribution is -2.53. The quantitative estimate of drug-likeness (QED) is 0.544. The molecular formula is C4H6F3NO. The highest BCUT2D eigenvalue weighted by Gasteiger charge is 2.48. The molecule has 0 bridgehead atoms. The van der Waals surface area contributed by atoms with E-state index in [-0.39, 0.29) is 13.0 Å². The molecule has 5 heteroatoms. The first-order valence-electron chi connectivity index (χ1n) is 2.54. The summed E-state index contributed by atoms with van der Waals surface area (Å²) >= 11 is 0. The van der Waals surface area contributed by atoms with Gasteiger partial charge in [0.15, 0.2) is 0 Å². The van der Waals surface area contributed by atoms with E-state index >= 15 is 0 Å².